The summed E-state index contributed by atoms with van der Waals surface area (Å²) in [5.41, 5.74) is 6.06. The molecular weight excluding hydrogens is 227 g/mol. The van der Waals surface area contributed by atoms with Gasteiger partial charge >= 0.3 is 0 Å². The number of benzene rings is 1. The van der Waals surface area contributed by atoms with Gasteiger partial charge in [-0.2, -0.15) is 0 Å². The highest BCUT2D eigenvalue weighted by atomic mass is 19.1. The highest BCUT2D eigenvalue weighted by Gasteiger charge is 2.31. The van der Waals surface area contributed by atoms with Crippen molar-refractivity contribution < 1.29 is 19.3 Å². The number of rotatable bonds is 2. The lowest BCUT2D eigenvalue weighted by Crippen LogP contribution is -2.22. The molecule has 2 rings (SSSR count). The van der Waals surface area contributed by atoms with Gasteiger partial charge in [0.05, 0.1) is 30.7 Å². The number of ether oxygens (including phenoxy) is 1. The van der Waals surface area contributed by atoms with Crippen molar-refractivity contribution in [2.75, 3.05) is 30.8 Å². The summed E-state index contributed by atoms with van der Waals surface area (Å²) >= 11 is 0. The van der Waals surface area contributed by atoms with Crippen molar-refractivity contribution in [1.82, 2.24) is 0 Å². The molecule has 1 heterocycles. The van der Waals surface area contributed by atoms with Crippen LogP contribution in [0.3, 0.4) is 0 Å². The number of nitrogen functional groups attached to an aromatic ring is 1. The maximum Gasteiger partial charge on any atom is 0.148 e. The molecule has 0 aromatic heterocycles. The molecule has 2 unspecified atom stereocenters. The van der Waals surface area contributed by atoms with Crippen molar-refractivity contribution in [2.24, 2.45) is 0 Å². The highest BCUT2D eigenvalue weighted by Crippen LogP contribution is 2.32. The molecule has 2 atom stereocenters. The summed E-state index contributed by atoms with van der Waals surface area (Å²) in [6, 6.07) is 2.64. The van der Waals surface area contributed by atoms with Crippen LogP contribution in [0.5, 0.6) is 5.75 Å². The Hall–Kier alpha value is -1.53. The largest absolute Gasteiger partial charge is 0.495 e. The molecule has 17 heavy (non-hydrogen) atoms. The maximum absolute atomic E-state index is 13.7. The van der Waals surface area contributed by atoms with Crippen molar-refractivity contribution in [1.29, 1.82) is 0 Å². The van der Waals surface area contributed by atoms with Crippen LogP contribution in [0.25, 0.3) is 0 Å². The van der Waals surface area contributed by atoms with E-state index in [0.29, 0.717) is 5.75 Å². The highest BCUT2D eigenvalue weighted by molar-refractivity contribution is 5.63. The van der Waals surface area contributed by atoms with Gasteiger partial charge in [0.2, 0.25) is 0 Å². The van der Waals surface area contributed by atoms with Crippen LogP contribution < -0.4 is 15.4 Å². The zero-order valence-electron chi connectivity index (χ0n) is 9.43. The van der Waals surface area contributed by atoms with Crippen molar-refractivity contribution in [3.8, 4) is 5.75 Å². The topological polar surface area (TPSA) is 79.0 Å². The number of hydrogen-bond acceptors (Lipinski definition) is 5. The fourth-order valence-electron chi connectivity index (χ4n) is 1.94. The molecule has 0 bridgehead atoms. The van der Waals surface area contributed by atoms with Gasteiger partial charge in [-0.25, -0.2) is 4.39 Å². The molecule has 0 saturated carbocycles. The fourth-order valence-corrected chi connectivity index (χ4v) is 1.94. The van der Waals surface area contributed by atoms with Gasteiger partial charge in [0.25, 0.3) is 0 Å². The Morgan fingerprint density at radius 3 is 2.47 bits per heavy atom. The van der Waals surface area contributed by atoms with E-state index in [9.17, 15) is 14.6 Å². The Morgan fingerprint density at radius 1 is 1.35 bits per heavy atom. The first-order chi connectivity index (χ1) is 8.02. The van der Waals surface area contributed by atoms with Crippen LogP contribution in [0.2, 0.25) is 0 Å². The minimum Gasteiger partial charge on any atom is -0.495 e. The smallest absolute Gasteiger partial charge is 0.148 e. The molecular formula is C11H15FN2O3. The Labute approximate surface area is 98.2 Å². The summed E-state index contributed by atoms with van der Waals surface area (Å²) in [5, 5.41) is 18.9. The van der Waals surface area contributed by atoms with E-state index in [1.165, 1.54) is 19.2 Å². The molecule has 1 aliphatic heterocycles. The molecule has 0 radical (unpaired) electrons. The quantitative estimate of drug-likeness (QED) is 0.634. The van der Waals surface area contributed by atoms with Crippen LogP contribution in [-0.2, 0) is 0 Å². The van der Waals surface area contributed by atoms with Crippen LogP contribution in [0.4, 0.5) is 15.8 Å². The number of aliphatic hydroxyl groups is 2. The summed E-state index contributed by atoms with van der Waals surface area (Å²) in [6.45, 7) is 0.371. The van der Waals surface area contributed by atoms with E-state index in [1.54, 1.807) is 4.90 Å². The van der Waals surface area contributed by atoms with E-state index >= 15 is 0 Å². The second kappa shape index (κ2) is 4.38. The van der Waals surface area contributed by atoms with Gasteiger partial charge in [0.15, 0.2) is 0 Å². The van der Waals surface area contributed by atoms with Crippen LogP contribution in [-0.4, -0.2) is 42.6 Å². The molecule has 1 aromatic carbocycles. The summed E-state index contributed by atoms with van der Waals surface area (Å²) < 4.78 is 18.7. The van der Waals surface area contributed by atoms with E-state index in [2.05, 4.69) is 0 Å². The molecule has 5 nitrogen and oxygen atoms in total. The Kier molecular flexibility index (Phi) is 3.08. The molecule has 1 saturated heterocycles. The van der Waals surface area contributed by atoms with Crippen molar-refractivity contribution in [3.63, 3.8) is 0 Å². The number of hydrogen-bond donors (Lipinski definition) is 3. The van der Waals surface area contributed by atoms with Crippen molar-refractivity contribution in [3.05, 3.63) is 17.9 Å². The third-order valence-electron chi connectivity index (χ3n) is 2.90. The SMILES string of the molecule is COc1cc(N2CC(O)C(O)C2)c(F)cc1N. The summed E-state index contributed by atoms with van der Waals surface area (Å²) in [6.07, 6.45) is -1.73. The number of halogens is 1. The van der Waals surface area contributed by atoms with E-state index < -0.39 is 18.0 Å². The zero-order chi connectivity index (χ0) is 12.6. The Bertz CT molecular complexity index is 417. The van der Waals surface area contributed by atoms with Gasteiger partial charge in [-0.3, -0.25) is 0 Å². The minimum absolute atomic E-state index is 0.186. The minimum atomic E-state index is -0.863. The van der Waals surface area contributed by atoms with Crippen molar-refractivity contribution >= 4 is 11.4 Å². The van der Waals surface area contributed by atoms with Gasteiger partial charge in [0.1, 0.15) is 11.6 Å². The van der Waals surface area contributed by atoms with Gasteiger partial charge < -0.3 is 25.6 Å². The van der Waals surface area contributed by atoms with Crippen LogP contribution in [0, 0.1) is 5.82 Å². The van der Waals surface area contributed by atoms with Crippen LogP contribution in [0.15, 0.2) is 12.1 Å². The maximum atomic E-state index is 13.7. The number of nitrogens with zero attached hydrogens (tertiary/aromatic N) is 1. The number of anilines is 2. The first kappa shape index (κ1) is 11.9. The van der Waals surface area contributed by atoms with E-state index in [-0.39, 0.29) is 24.5 Å². The fraction of sp³-hybridized carbons (Fsp3) is 0.455. The number of nitrogens with two attached hydrogens (primary N) is 1. The average molecular weight is 242 g/mol. The molecule has 94 valence electrons. The molecule has 0 spiro atoms. The second-order valence-electron chi connectivity index (χ2n) is 4.09. The second-order valence-corrected chi connectivity index (χ2v) is 4.09. The first-order valence-electron chi connectivity index (χ1n) is 5.27. The molecule has 1 aromatic rings. The zero-order valence-corrected chi connectivity index (χ0v) is 9.43. The molecule has 6 heteroatoms. The molecule has 0 amide bonds. The monoisotopic (exact) mass is 242 g/mol. The lowest BCUT2D eigenvalue weighted by Gasteiger charge is -2.19. The van der Waals surface area contributed by atoms with E-state index in [4.69, 9.17) is 10.5 Å². The normalized spacial score (nSPS) is 24.1. The molecule has 4 N–H and O–H groups in total. The average Bonchev–Trinajstić information content (AvgIpc) is 2.59. The molecule has 0 aliphatic carbocycles. The number of β-amino-alcohol motifs (C(OH)–C–C–N with tert-alkyl or cyclic N) is 2. The third-order valence-corrected chi connectivity index (χ3v) is 2.90. The lowest BCUT2D eigenvalue weighted by atomic mass is 10.2. The van der Waals surface area contributed by atoms with Gasteiger partial charge in [-0.15, -0.1) is 0 Å². The summed E-state index contributed by atoms with van der Waals surface area (Å²) in [5.74, 6) is -0.123. The number of methoxy groups -OCH3 is 1. The van der Waals surface area contributed by atoms with Crippen LogP contribution in [0.1, 0.15) is 0 Å². The van der Waals surface area contributed by atoms with Crippen LogP contribution >= 0.6 is 0 Å². The predicted octanol–water partition coefficient (Wildman–Crippen LogP) is -0.0417. The standard InChI is InChI=1S/C11H15FN2O3/c1-17-11-3-8(6(12)2-7(11)13)14-4-9(15)10(16)5-14/h2-3,9-10,15-16H,4-5,13H2,1H3. The van der Waals surface area contributed by atoms with E-state index in [0.717, 1.165) is 0 Å². The number of aliphatic hydroxyl groups excluding tert-OH is 2. The Morgan fingerprint density at radius 2 is 1.94 bits per heavy atom. The van der Waals surface area contributed by atoms with E-state index in [1.807, 2.05) is 0 Å². The van der Waals surface area contributed by atoms with Gasteiger partial charge in [-0.05, 0) is 0 Å². The van der Waals surface area contributed by atoms with Gasteiger partial charge in [-0.1, -0.05) is 0 Å². The summed E-state index contributed by atoms with van der Waals surface area (Å²) in [4.78, 5) is 1.56. The Balaban J connectivity index is 2.33. The lowest BCUT2D eigenvalue weighted by molar-refractivity contribution is 0.0572. The van der Waals surface area contributed by atoms with Crippen molar-refractivity contribution in [2.45, 2.75) is 12.2 Å². The molecule has 1 fully saturated rings. The third kappa shape index (κ3) is 2.13. The van der Waals surface area contributed by atoms with Gasteiger partial charge in [0, 0.05) is 25.2 Å². The molecule has 1 aliphatic rings. The first-order valence-corrected chi connectivity index (χ1v) is 5.27. The summed E-state index contributed by atoms with van der Waals surface area (Å²) in [7, 11) is 1.45. The predicted molar refractivity (Wildman–Crippen MR) is 61.6 cm³/mol.